The molecule has 2 aromatic heterocycles. The van der Waals surface area contributed by atoms with E-state index >= 15 is 0 Å². The molecule has 0 radical (unpaired) electrons. The van der Waals surface area contributed by atoms with Crippen molar-refractivity contribution in [1.29, 1.82) is 0 Å². The molecule has 0 unspecified atom stereocenters. The minimum atomic E-state index is -0.464. The molecule has 10 heteroatoms. The van der Waals surface area contributed by atoms with Crippen molar-refractivity contribution in [3.8, 4) is 5.75 Å². The van der Waals surface area contributed by atoms with E-state index in [1.54, 1.807) is 31.4 Å². The van der Waals surface area contributed by atoms with Crippen molar-refractivity contribution in [2.24, 2.45) is 0 Å². The van der Waals surface area contributed by atoms with Crippen molar-refractivity contribution in [2.75, 3.05) is 12.4 Å². The zero-order valence-corrected chi connectivity index (χ0v) is 17.5. The molecule has 2 heterocycles. The standard InChI is InChI=1S/C22H20N6O4/c1-14(29)16-6-8-17(9-7-16)24-19(30)12-27-13-23-21-20(22(27)31)25-26-28(21)11-15-4-3-5-18(10-15)32-2/h3-10,13H,11-12H2,1-2H3,(H,24,30). The van der Waals surface area contributed by atoms with E-state index in [4.69, 9.17) is 4.74 Å². The van der Waals surface area contributed by atoms with Gasteiger partial charge in [-0.05, 0) is 48.9 Å². The molecule has 32 heavy (non-hydrogen) atoms. The van der Waals surface area contributed by atoms with Crippen LogP contribution >= 0.6 is 0 Å². The number of aromatic nitrogens is 5. The maximum Gasteiger partial charge on any atom is 0.283 e. The van der Waals surface area contributed by atoms with Gasteiger partial charge in [0.2, 0.25) is 5.91 Å². The summed E-state index contributed by atoms with van der Waals surface area (Å²) in [6, 6.07) is 14.0. The minimum Gasteiger partial charge on any atom is -0.497 e. The lowest BCUT2D eigenvalue weighted by Crippen LogP contribution is -2.28. The zero-order chi connectivity index (χ0) is 22.7. The second-order valence-corrected chi connectivity index (χ2v) is 7.13. The van der Waals surface area contributed by atoms with Crippen LogP contribution < -0.4 is 15.6 Å². The van der Waals surface area contributed by atoms with Crippen LogP contribution in [0.2, 0.25) is 0 Å². The van der Waals surface area contributed by atoms with Crippen molar-refractivity contribution >= 4 is 28.5 Å². The minimum absolute atomic E-state index is 0.0618. The third-order valence-corrected chi connectivity index (χ3v) is 4.85. The van der Waals surface area contributed by atoms with Gasteiger partial charge in [-0.3, -0.25) is 19.0 Å². The van der Waals surface area contributed by atoms with E-state index in [1.807, 2.05) is 24.3 Å². The summed E-state index contributed by atoms with van der Waals surface area (Å²) in [4.78, 5) is 40.8. The van der Waals surface area contributed by atoms with Gasteiger partial charge in [0.15, 0.2) is 16.9 Å². The highest BCUT2D eigenvalue weighted by molar-refractivity contribution is 5.95. The second kappa shape index (κ2) is 8.80. The molecule has 0 atom stereocenters. The smallest absolute Gasteiger partial charge is 0.283 e. The lowest BCUT2D eigenvalue weighted by Gasteiger charge is -2.08. The first kappa shape index (κ1) is 20.9. The number of carbonyl (C=O) groups is 2. The quantitative estimate of drug-likeness (QED) is 0.443. The number of nitrogens with one attached hydrogen (secondary N) is 1. The zero-order valence-electron chi connectivity index (χ0n) is 17.5. The molecular weight excluding hydrogens is 412 g/mol. The van der Waals surface area contributed by atoms with E-state index in [9.17, 15) is 14.4 Å². The van der Waals surface area contributed by atoms with Gasteiger partial charge in [-0.2, -0.15) is 0 Å². The predicted molar refractivity (Wildman–Crippen MR) is 117 cm³/mol. The first-order valence-corrected chi connectivity index (χ1v) is 9.77. The molecule has 0 aliphatic carbocycles. The SMILES string of the molecule is COc1cccc(Cn2nnc3c(=O)n(CC(=O)Nc4ccc(C(C)=O)cc4)cnc32)c1. The van der Waals surface area contributed by atoms with Gasteiger partial charge in [0.25, 0.3) is 5.56 Å². The van der Waals surface area contributed by atoms with Gasteiger partial charge in [0.1, 0.15) is 18.6 Å². The van der Waals surface area contributed by atoms with Crippen LogP contribution in [-0.2, 0) is 17.9 Å². The molecule has 10 nitrogen and oxygen atoms in total. The highest BCUT2D eigenvalue weighted by atomic mass is 16.5. The summed E-state index contributed by atoms with van der Waals surface area (Å²) in [7, 11) is 1.59. The largest absolute Gasteiger partial charge is 0.497 e. The number of amides is 1. The predicted octanol–water partition coefficient (Wildman–Crippen LogP) is 1.89. The lowest BCUT2D eigenvalue weighted by atomic mass is 10.1. The summed E-state index contributed by atoms with van der Waals surface area (Å²) in [6.07, 6.45) is 1.30. The first-order chi connectivity index (χ1) is 15.4. The number of methoxy groups -OCH3 is 1. The molecule has 1 N–H and O–H groups in total. The average molecular weight is 432 g/mol. The number of hydrogen-bond donors (Lipinski definition) is 1. The molecule has 2 aromatic carbocycles. The molecule has 0 fully saturated rings. The normalized spacial score (nSPS) is 10.8. The van der Waals surface area contributed by atoms with Gasteiger partial charge in [0.05, 0.1) is 13.7 Å². The molecule has 0 spiro atoms. The molecule has 1 amide bonds. The van der Waals surface area contributed by atoms with E-state index < -0.39 is 11.5 Å². The molecule has 0 aliphatic rings. The fraction of sp³-hybridized carbons (Fsp3) is 0.182. The first-order valence-electron chi connectivity index (χ1n) is 9.77. The van der Waals surface area contributed by atoms with Crippen molar-refractivity contribution in [3.63, 3.8) is 0 Å². The van der Waals surface area contributed by atoms with Crippen LogP contribution in [0.4, 0.5) is 5.69 Å². The number of hydrogen-bond acceptors (Lipinski definition) is 7. The summed E-state index contributed by atoms with van der Waals surface area (Å²) in [5.41, 5.74) is 1.92. The van der Waals surface area contributed by atoms with Crippen molar-refractivity contribution < 1.29 is 14.3 Å². The van der Waals surface area contributed by atoms with E-state index in [0.29, 0.717) is 29.2 Å². The maximum absolute atomic E-state index is 12.8. The van der Waals surface area contributed by atoms with Crippen LogP contribution in [-0.4, -0.2) is 43.3 Å². The van der Waals surface area contributed by atoms with Gasteiger partial charge in [0, 0.05) is 11.3 Å². The topological polar surface area (TPSA) is 121 Å². The van der Waals surface area contributed by atoms with Crippen LogP contribution in [0.1, 0.15) is 22.8 Å². The number of rotatable bonds is 7. The summed E-state index contributed by atoms with van der Waals surface area (Å²) >= 11 is 0. The maximum atomic E-state index is 12.8. The van der Waals surface area contributed by atoms with Crippen molar-refractivity contribution in [2.45, 2.75) is 20.0 Å². The highest BCUT2D eigenvalue weighted by Crippen LogP contribution is 2.15. The van der Waals surface area contributed by atoms with Crippen LogP contribution in [0.3, 0.4) is 0 Å². The summed E-state index contributed by atoms with van der Waals surface area (Å²) in [6.45, 7) is 1.59. The van der Waals surface area contributed by atoms with Gasteiger partial charge in [-0.25, -0.2) is 9.67 Å². The van der Waals surface area contributed by atoms with Gasteiger partial charge < -0.3 is 10.1 Å². The van der Waals surface area contributed by atoms with E-state index in [0.717, 1.165) is 5.56 Å². The van der Waals surface area contributed by atoms with Gasteiger partial charge in [-0.15, -0.1) is 5.10 Å². The molecule has 0 aliphatic heterocycles. The second-order valence-electron chi connectivity index (χ2n) is 7.13. The number of anilines is 1. The number of Topliss-reactive ketones (excluding diaryl/α,β-unsaturated/α-hetero) is 1. The van der Waals surface area contributed by atoms with Crippen molar-refractivity contribution in [3.05, 3.63) is 76.3 Å². The fourth-order valence-corrected chi connectivity index (χ4v) is 3.19. The number of benzene rings is 2. The molecule has 4 rings (SSSR count). The lowest BCUT2D eigenvalue weighted by molar-refractivity contribution is -0.116. The Balaban J connectivity index is 1.50. The third-order valence-electron chi connectivity index (χ3n) is 4.85. The fourth-order valence-electron chi connectivity index (χ4n) is 3.19. The number of nitrogens with zero attached hydrogens (tertiary/aromatic N) is 5. The van der Waals surface area contributed by atoms with Gasteiger partial charge in [-0.1, -0.05) is 17.3 Å². The number of ketones is 1. The van der Waals surface area contributed by atoms with Crippen LogP contribution in [0, 0.1) is 0 Å². The van der Waals surface area contributed by atoms with E-state index in [1.165, 1.54) is 22.5 Å². The third kappa shape index (κ3) is 4.38. The Hall–Kier alpha value is -4.34. The Kier molecular flexibility index (Phi) is 5.75. The monoisotopic (exact) mass is 432 g/mol. The Labute approximate surface area is 182 Å². The Bertz CT molecular complexity index is 1360. The number of fused-ring (bicyclic) bond motifs is 1. The highest BCUT2D eigenvalue weighted by Gasteiger charge is 2.14. The van der Waals surface area contributed by atoms with Crippen LogP contribution in [0.25, 0.3) is 11.2 Å². The van der Waals surface area contributed by atoms with Crippen LogP contribution in [0.5, 0.6) is 5.75 Å². The molecule has 0 saturated carbocycles. The summed E-state index contributed by atoms with van der Waals surface area (Å²) < 4.78 is 7.92. The summed E-state index contributed by atoms with van der Waals surface area (Å²) in [5, 5.41) is 10.7. The molecule has 4 aromatic rings. The average Bonchev–Trinajstić information content (AvgIpc) is 3.19. The number of ether oxygens (including phenoxy) is 1. The number of carbonyl (C=O) groups excluding carboxylic acids is 2. The van der Waals surface area contributed by atoms with Crippen LogP contribution in [0.15, 0.2) is 59.7 Å². The molecule has 162 valence electrons. The van der Waals surface area contributed by atoms with E-state index in [-0.39, 0.29) is 17.8 Å². The Morgan fingerprint density at radius 3 is 2.62 bits per heavy atom. The van der Waals surface area contributed by atoms with Gasteiger partial charge >= 0.3 is 0 Å². The summed E-state index contributed by atoms with van der Waals surface area (Å²) in [5.74, 6) is 0.241. The Morgan fingerprint density at radius 1 is 1.12 bits per heavy atom. The molecule has 0 bridgehead atoms. The van der Waals surface area contributed by atoms with E-state index in [2.05, 4.69) is 20.6 Å². The van der Waals surface area contributed by atoms with Crippen molar-refractivity contribution in [1.82, 2.24) is 24.5 Å². The molecular formula is C22H20N6O4. The molecule has 0 saturated heterocycles. The Morgan fingerprint density at radius 2 is 1.91 bits per heavy atom.